The van der Waals surface area contributed by atoms with E-state index in [-0.39, 0.29) is 0 Å². The zero-order valence-corrected chi connectivity index (χ0v) is 34.4. The molecule has 2 aromatic heterocycles. The van der Waals surface area contributed by atoms with Gasteiger partial charge in [0.1, 0.15) is 24.0 Å². The molecular formula is C54H46N4O. The molecule has 0 N–H and O–H groups in total. The lowest BCUT2D eigenvalue weighted by Crippen LogP contribution is -2.25. The van der Waals surface area contributed by atoms with Gasteiger partial charge < -0.3 is 14.5 Å². The molecule has 0 atom stereocenters. The van der Waals surface area contributed by atoms with Crippen LogP contribution in [0.2, 0.25) is 0 Å². The number of aromatic nitrogens is 2. The van der Waals surface area contributed by atoms with Gasteiger partial charge in [0, 0.05) is 40.5 Å². The fraction of sp³-hybridized carbons (Fsp3) is 0.130. The summed E-state index contributed by atoms with van der Waals surface area (Å²) in [5.74, 6) is 2.40. The van der Waals surface area contributed by atoms with Crippen LogP contribution in [0.4, 0.5) is 22.7 Å². The molecule has 7 aromatic carbocycles. The van der Waals surface area contributed by atoms with Gasteiger partial charge in [-0.3, -0.25) is 4.57 Å². The highest BCUT2D eigenvalue weighted by molar-refractivity contribution is 6.09. The second kappa shape index (κ2) is 14.4. The van der Waals surface area contributed by atoms with Crippen LogP contribution in [0.25, 0.3) is 49.9 Å². The number of hydrogen-bond acceptors (Lipinski definition) is 4. The summed E-state index contributed by atoms with van der Waals surface area (Å²) in [6.07, 6.45) is 1.93. The fourth-order valence-corrected chi connectivity index (χ4v) is 9.24. The van der Waals surface area contributed by atoms with E-state index in [4.69, 9.17) is 9.72 Å². The Morgan fingerprint density at radius 1 is 0.492 bits per heavy atom. The van der Waals surface area contributed by atoms with Crippen LogP contribution < -0.4 is 14.5 Å². The number of aryl methyl sites for hydroxylation is 4. The highest BCUT2D eigenvalue weighted by Crippen LogP contribution is 2.47. The van der Waals surface area contributed by atoms with Crippen molar-refractivity contribution in [2.75, 3.05) is 16.5 Å². The van der Waals surface area contributed by atoms with Crippen molar-refractivity contribution < 1.29 is 4.74 Å². The Bertz CT molecular complexity index is 3060. The second-order valence-corrected chi connectivity index (χ2v) is 15.9. The Morgan fingerprint density at radius 3 is 1.92 bits per heavy atom. The summed E-state index contributed by atoms with van der Waals surface area (Å²) < 4.78 is 9.02. The zero-order chi connectivity index (χ0) is 40.4. The lowest BCUT2D eigenvalue weighted by Gasteiger charge is -2.27. The van der Waals surface area contributed by atoms with Crippen molar-refractivity contribution in [3.05, 3.63) is 191 Å². The van der Waals surface area contributed by atoms with Crippen LogP contribution in [-0.4, -0.2) is 16.2 Å². The first-order valence-electron chi connectivity index (χ1n) is 20.4. The van der Waals surface area contributed by atoms with Crippen LogP contribution >= 0.6 is 0 Å². The van der Waals surface area contributed by atoms with Crippen LogP contribution in [0.15, 0.2) is 158 Å². The maximum Gasteiger partial charge on any atom is 0.138 e. The van der Waals surface area contributed by atoms with E-state index < -0.39 is 0 Å². The highest BCUT2D eigenvalue weighted by atomic mass is 16.5. The smallest absolute Gasteiger partial charge is 0.138 e. The van der Waals surface area contributed by atoms with Crippen molar-refractivity contribution in [3.8, 4) is 39.6 Å². The van der Waals surface area contributed by atoms with Gasteiger partial charge in [-0.15, -0.1) is 0 Å². The van der Waals surface area contributed by atoms with Gasteiger partial charge in [-0.2, -0.15) is 0 Å². The van der Waals surface area contributed by atoms with Crippen molar-refractivity contribution >= 4 is 44.6 Å². The molecule has 288 valence electrons. The highest BCUT2D eigenvalue weighted by Gasteiger charge is 2.30. The molecule has 0 fully saturated rings. The number of fused-ring (bicyclic) bond motifs is 4. The number of anilines is 4. The predicted octanol–water partition coefficient (Wildman–Crippen LogP) is 14.4. The molecule has 3 heterocycles. The first-order valence-corrected chi connectivity index (χ1v) is 20.4. The first kappa shape index (κ1) is 36.2. The number of benzene rings is 7. The van der Waals surface area contributed by atoms with Gasteiger partial charge in [0.15, 0.2) is 0 Å². The maximum atomic E-state index is 6.75. The summed E-state index contributed by atoms with van der Waals surface area (Å²) in [4.78, 5) is 9.84. The normalized spacial score (nSPS) is 12.4. The molecule has 9 aromatic rings. The van der Waals surface area contributed by atoms with E-state index in [0.29, 0.717) is 6.67 Å². The average molecular weight is 767 g/mol. The van der Waals surface area contributed by atoms with Gasteiger partial charge in [0.05, 0.1) is 22.4 Å². The predicted molar refractivity (Wildman–Crippen MR) is 246 cm³/mol. The quantitative estimate of drug-likeness (QED) is 0.162. The van der Waals surface area contributed by atoms with E-state index in [1.54, 1.807) is 0 Å². The van der Waals surface area contributed by atoms with Crippen molar-refractivity contribution in [2.24, 2.45) is 0 Å². The third-order valence-electron chi connectivity index (χ3n) is 12.3. The van der Waals surface area contributed by atoms with E-state index in [9.17, 15) is 0 Å². The fourth-order valence-electron chi connectivity index (χ4n) is 9.24. The summed E-state index contributed by atoms with van der Waals surface area (Å²) in [6.45, 7) is 14.0. The summed E-state index contributed by atoms with van der Waals surface area (Å²) in [5, 5.41) is 2.32. The maximum absolute atomic E-state index is 6.75. The molecule has 0 aliphatic carbocycles. The molecule has 5 nitrogen and oxygen atoms in total. The number of para-hydroxylation sites is 3. The average Bonchev–Trinajstić information content (AvgIpc) is 3.79. The number of ether oxygens (including phenoxy) is 1. The topological polar surface area (TPSA) is 33.5 Å². The molecule has 0 amide bonds. The molecule has 0 spiro atoms. The lowest BCUT2D eigenvalue weighted by atomic mass is 9.90. The summed E-state index contributed by atoms with van der Waals surface area (Å²) in [6, 6.07) is 54.0. The Morgan fingerprint density at radius 2 is 1.14 bits per heavy atom. The molecule has 10 rings (SSSR count). The number of nitrogens with zero attached hydrogens (tertiary/aromatic N) is 4. The summed E-state index contributed by atoms with van der Waals surface area (Å²) in [5.41, 5.74) is 19.5. The van der Waals surface area contributed by atoms with E-state index >= 15 is 0 Å². The van der Waals surface area contributed by atoms with Gasteiger partial charge in [-0.25, -0.2) is 4.98 Å². The van der Waals surface area contributed by atoms with Gasteiger partial charge >= 0.3 is 0 Å². The van der Waals surface area contributed by atoms with Crippen LogP contribution in [0.1, 0.15) is 33.4 Å². The van der Waals surface area contributed by atoms with Gasteiger partial charge in [0.2, 0.25) is 0 Å². The molecule has 0 unspecified atom stereocenters. The summed E-state index contributed by atoms with van der Waals surface area (Å²) >= 11 is 0. The molecule has 0 saturated carbocycles. The number of hydrogen-bond donors (Lipinski definition) is 0. The number of pyridine rings is 1. The van der Waals surface area contributed by atoms with E-state index in [1.807, 2.05) is 12.3 Å². The van der Waals surface area contributed by atoms with Crippen LogP contribution in [0.5, 0.6) is 11.5 Å². The third kappa shape index (κ3) is 6.13. The molecule has 5 heteroatoms. The molecule has 0 bridgehead atoms. The van der Waals surface area contributed by atoms with Crippen molar-refractivity contribution in [1.29, 1.82) is 0 Å². The SMILES string of the molecule is Cc1cc(C)c(C)c(N2CN(c3cccc(Oc4ccc5c6ccccc6n(-c6cc(-c7ccccc7-c7c(C)cccc7C)ccn6)c5c4)c3)c3ccccc32)c1C. The van der Waals surface area contributed by atoms with E-state index in [2.05, 4.69) is 202 Å². The third-order valence-corrected chi connectivity index (χ3v) is 12.3. The molecule has 1 aliphatic rings. The number of rotatable bonds is 7. The monoisotopic (exact) mass is 766 g/mol. The van der Waals surface area contributed by atoms with Gasteiger partial charge in [-0.05, 0) is 152 Å². The van der Waals surface area contributed by atoms with Crippen molar-refractivity contribution in [3.63, 3.8) is 0 Å². The lowest BCUT2D eigenvalue weighted by molar-refractivity contribution is 0.483. The molecule has 0 saturated heterocycles. The van der Waals surface area contributed by atoms with Gasteiger partial charge in [0.25, 0.3) is 0 Å². The summed E-state index contributed by atoms with van der Waals surface area (Å²) in [7, 11) is 0. The zero-order valence-electron chi connectivity index (χ0n) is 34.4. The minimum atomic E-state index is 0.709. The standard InChI is InChI=1S/C54H46N4O/c1-34-15-13-16-35(2)53(34)47-21-8-7-19-44(47)40-27-28-55-52(30-40)58-48-22-10-9-20-45(48)46-26-25-43(32-51(46)58)59-42-18-14-17-41(31-42)56-33-57(50-24-12-11-23-49(50)56)54-38(5)36(3)29-37(4)39(54)6/h7-32H,33H2,1-6H3. The Labute approximate surface area is 346 Å². The second-order valence-electron chi connectivity index (χ2n) is 15.9. The Balaban J connectivity index is 1.02. The molecular weight excluding hydrogens is 721 g/mol. The van der Waals surface area contributed by atoms with Crippen molar-refractivity contribution in [2.45, 2.75) is 41.5 Å². The van der Waals surface area contributed by atoms with E-state index in [1.165, 1.54) is 72.5 Å². The van der Waals surface area contributed by atoms with Gasteiger partial charge in [-0.1, -0.05) is 84.9 Å². The van der Waals surface area contributed by atoms with Crippen LogP contribution in [0.3, 0.4) is 0 Å². The minimum Gasteiger partial charge on any atom is -0.457 e. The largest absolute Gasteiger partial charge is 0.457 e. The molecule has 59 heavy (non-hydrogen) atoms. The van der Waals surface area contributed by atoms with Crippen LogP contribution in [-0.2, 0) is 0 Å². The molecule has 0 radical (unpaired) electrons. The van der Waals surface area contributed by atoms with Crippen molar-refractivity contribution in [1.82, 2.24) is 9.55 Å². The van der Waals surface area contributed by atoms with E-state index in [0.717, 1.165) is 45.0 Å². The first-order chi connectivity index (χ1) is 28.7. The Hall–Kier alpha value is -7.11. The minimum absolute atomic E-state index is 0.709. The molecule has 1 aliphatic heterocycles. The Kier molecular flexibility index (Phi) is 8.83. The van der Waals surface area contributed by atoms with Crippen LogP contribution in [0, 0.1) is 41.5 Å².